The van der Waals surface area contributed by atoms with Crippen molar-refractivity contribution in [3.63, 3.8) is 0 Å². The molecule has 0 radical (unpaired) electrons. The van der Waals surface area contributed by atoms with Crippen molar-refractivity contribution in [3.8, 4) is 0 Å². The van der Waals surface area contributed by atoms with Gasteiger partial charge in [0.15, 0.2) is 0 Å². The minimum atomic E-state index is -0.870. The van der Waals surface area contributed by atoms with Crippen LogP contribution in [0.2, 0.25) is 0 Å². The van der Waals surface area contributed by atoms with Crippen LogP contribution in [-0.2, 0) is 14.9 Å². The quantitative estimate of drug-likeness (QED) is 0.833. The van der Waals surface area contributed by atoms with Crippen molar-refractivity contribution in [1.29, 1.82) is 0 Å². The number of esters is 1. The maximum atomic E-state index is 12.0. The molecule has 0 bridgehead atoms. The third-order valence-corrected chi connectivity index (χ3v) is 5.89. The first-order chi connectivity index (χ1) is 11.4. The molecule has 0 heterocycles. The van der Waals surface area contributed by atoms with Gasteiger partial charge >= 0.3 is 5.97 Å². The summed E-state index contributed by atoms with van der Waals surface area (Å²) in [5, 5.41) is 9.48. The summed E-state index contributed by atoms with van der Waals surface area (Å²) in [6.45, 7) is 2.26. The van der Waals surface area contributed by atoms with Crippen LogP contribution in [0.4, 0.5) is 0 Å². The number of aliphatic hydroxyl groups is 1. The number of aliphatic hydroxyl groups excluding tert-OH is 1. The second-order valence-electron chi connectivity index (χ2n) is 7.48. The number of rotatable bonds is 4. The zero-order chi connectivity index (χ0) is 17.4. The highest BCUT2D eigenvalue weighted by atomic mass is 16.5. The molecule has 3 rings (SSSR count). The molecule has 0 aliphatic heterocycles. The van der Waals surface area contributed by atoms with E-state index < -0.39 is 5.54 Å². The van der Waals surface area contributed by atoms with Gasteiger partial charge in [-0.3, -0.25) is 4.79 Å². The molecular formula is C20H27NO3. The van der Waals surface area contributed by atoms with Gasteiger partial charge in [0.1, 0.15) is 5.54 Å². The van der Waals surface area contributed by atoms with Gasteiger partial charge in [-0.1, -0.05) is 42.8 Å². The molecule has 0 unspecified atom stereocenters. The lowest BCUT2D eigenvalue weighted by Crippen LogP contribution is -2.54. The van der Waals surface area contributed by atoms with E-state index in [4.69, 9.17) is 10.5 Å². The fourth-order valence-corrected chi connectivity index (χ4v) is 4.37. The first kappa shape index (κ1) is 17.2. The molecule has 1 fully saturated rings. The highest BCUT2D eigenvalue weighted by Gasteiger charge is 2.49. The zero-order valence-electron chi connectivity index (χ0n) is 14.5. The third-order valence-electron chi connectivity index (χ3n) is 5.89. The zero-order valence-corrected chi connectivity index (χ0v) is 14.5. The van der Waals surface area contributed by atoms with Crippen LogP contribution in [0.5, 0.6) is 0 Å². The van der Waals surface area contributed by atoms with E-state index >= 15 is 0 Å². The second-order valence-corrected chi connectivity index (χ2v) is 7.48. The van der Waals surface area contributed by atoms with Crippen LogP contribution in [0.15, 0.2) is 29.8 Å². The molecular weight excluding hydrogens is 302 g/mol. The number of allylic oxidation sites excluding steroid dienone is 1. The SMILES string of the molecule is COC(=O)C1(N)CCC2(CC1)C(C[C@@H](C)CO)=Cc1ccccc12. The summed E-state index contributed by atoms with van der Waals surface area (Å²) < 4.78 is 4.91. The lowest BCUT2D eigenvalue weighted by molar-refractivity contribution is -0.148. The fraction of sp³-hybridized carbons (Fsp3) is 0.550. The largest absolute Gasteiger partial charge is 0.468 e. The molecule has 1 aromatic rings. The van der Waals surface area contributed by atoms with Crippen molar-refractivity contribution in [2.24, 2.45) is 11.7 Å². The Balaban J connectivity index is 1.92. The predicted octanol–water partition coefficient (Wildman–Crippen LogP) is 2.78. The monoisotopic (exact) mass is 329 g/mol. The second kappa shape index (κ2) is 6.34. The molecule has 0 aromatic heterocycles. The Hall–Kier alpha value is -1.65. The van der Waals surface area contributed by atoms with Gasteiger partial charge in [0.05, 0.1) is 7.11 Å². The number of fused-ring (bicyclic) bond motifs is 2. The number of hydrogen-bond donors (Lipinski definition) is 2. The van der Waals surface area contributed by atoms with Crippen molar-refractivity contribution < 1.29 is 14.6 Å². The summed E-state index contributed by atoms with van der Waals surface area (Å²) in [6.07, 6.45) is 6.10. The number of carbonyl (C=O) groups excluding carboxylic acids is 1. The molecule has 1 aromatic carbocycles. The van der Waals surface area contributed by atoms with E-state index in [0.717, 1.165) is 19.3 Å². The van der Waals surface area contributed by atoms with Gasteiger partial charge in [-0.25, -0.2) is 0 Å². The maximum absolute atomic E-state index is 12.0. The average molecular weight is 329 g/mol. The Bertz CT molecular complexity index is 657. The lowest BCUT2D eigenvalue weighted by Gasteiger charge is -2.44. The van der Waals surface area contributed by atoms with Gasteiger partial charge in [0, 0.05) is 12.0 Å². The van der Waals surface area contributed by atoms with Crippen LogP contribution in [0.1, 0.15) is 50.2 Å². The first-order valence-corrected chi connectivity index (χ1v) is 8.74. The summed E-state index contributed by atoms with van der Waals surface area (Å²) in [5.74, 6) is -0.0782. The summed E-state index contributed by atoms with van der Waals surface area (Å²) in [6, 6.07) is 8.49. The number of methoxy groups -OCH3 is 1. The van der Waals surface area contributed by atoms with Crippen LogP contribution in [-0.4, -0.2) is 30.3 Å². The molecule has 2 aliphatic rings. The molecule has 1 saturated carbocycles. The van der Waals surface area contributed by atoms with E-state index in [0.29, 0.717) is 12.8 Å². The molecule has 24 heavy (non-hydrogen) atoms. The van der Waals surface area contributed by atoms with Crippen molar-refractivity contribution in [2.45, 2.75) is 50.0 Å². The molecule has 1 spiro atoms. The Morgan fingerprint density at radius 1 is 1.29 bits per heavy atom. The average Bonchev–Trinajstić information content (AvgIpc) is 2.90. The molecule has 0 saturated heterocycles. The standard InChI is InChI=1S/C20H27NO3/c1-14(13-22)11-16-12-15-5-3-4-6-17(15)19(16)7-9-20(21,10-8-19)18(23)24-2/h3-6,12,14,22H,7-11,13,21H2,1-2H3/t14-,19?,20?/m1/s1. The van der Waals surface area contributed by atoms with Crippen LogP contribution < -0.4 is 5.73 Å². The van der Waals surface area contributed by atoms with Gasteiger partial charge in [0.2, 0.25) is 0 Å². The molecule has 2 aliphatic carbocycles. The van der Waals surface area contributed by atoms with E-state index in [1.807, 2.05) is 0 Å². The maximum Gasteiger partial charge on any atom is 0.325 e. The van der Waals surface area contributed by atoms with Crippen LogP contribution >= 0.6 is 0 Å². The van der Waals surface area contributed by atoms with Crippen molar-refractivity contribution in [1.82, 2.24) is 0 Å². The van der Waals surface area contributed by atoms with Gasteiger partial charge < -0.3 is 15.6 Å². The number of benzene rings is 1. The van der Waals surface area contributed by atoms with Gasteiger partial charge in [-0.05, 0) is 49.1 Å². The topological polar surface area (TPSA) is 72.5 Å². The number of ether oxygens (including phenoxy) is 1. The number of carbonyl (C=O) groups is 1. The Kier molecular flexibility index (Phi) is 4.54. The molecule has 4 nitrogen and oxygen atoms in total. The first-order valence-electron chi connectivity index (χ1n) is 8.74. The van der Waals surface area contributed by atoms with E-state index in [1.165, 1.54) is 23.8 Å². The molecule has 0 amide bonds. The van der Waals surface area contributed by atoms with E-state index in [-0.39, 0.29) is 23.9 Å². The summed E-state index contributed by atoms with van der Waals surface area (Å²) in [5.41, 5.74) is 9.39. The Labute approximate surface area is 143 Å². The number of nitrogens with two attached hydrogens (primary N) is 1. The third kappa shape index (κ3) is 2.68. The highest BCUT2D eigenvalue weighted by molar-refractivity contribution is 5.81. The Morgan fingerprint density at radius 2 is 1.96 bits per heavy atom. The lowest BCUT2D eigenvalue weighted by atomic mass is 9.61. The van der Waals surface area contributed by atoms with Gasteiger partial charge in [-0.15, -0.1) is 0 Å². The summed E-state index contributed by atoms with van der Waals surface area (Å²) >= 11 is 0. The normalized spacial score (nSPS) is 29.9. The van der Waals surface area contributed by atoms with Crippen molar-refractivity contribution in [3.05, 3.63) is 41.0 Å². The summed E-state index contributed by atoms with van der Waals surface area (Å²) in [7, 11) is 1.40. The minimum Gasteiger partial charge on any atom is -0.468 e. The molecule has 130 valence electrons. The highest BCUT2D eigenvalue weighted by Crippen LogP contribution is 2.54. The van der Waals surface area contributed by atoms with Crippen LogP contribution in [0.3, 0.4) is 0 Å². The van der Waals surface area contributed by atoms with E-state index in [2.05, 4.69) is 37.3 Å². The smallest absolute Gasteiger partial charge is 0.325 e. The van der Waals surface area contributed by atoms with E-state index in [1.54, 1.807) is 0 Å². The molecule has 3 N–H and O–H groups in total. The predicted molar refractivity (Wildman–Crippen MR) is 94.4 cm³/mol. The van der Waals surface area contributed by atoms with Crippen molar-refractivity contribution in [2.75, 3.05) is 13.7 Å². The fourth-order valence-electron chi connectivity index (χ4n) is 4.37. The summed E-state index contributed by atoms with van der Waals surface area (Å²) in [4.78, 5) is 12.0. The number of hydrogen-bond acceptors (Lipinski definition) is 4. The Morgan fingerprint density at radius 3 is 2.58 bits per heavy atom. The minimum absolute atomic E-state index is 0.0447. The van der Waals surface area contributed by atoms with Crippen molar-refractivity contribution >= 4 is 12.0 Å². The van der Waals surface area contributed by atoms with Crippen LogP contribution in [0.25, 0.3) is 6.08 Å². The van der Waals surface area contributed by atoms with E-state index in [9.17, 15) is 9.90 Å². The van der Waals surface area contributed by atoms with Gasteiger partial charge in [-0.2, -0.15) is 0 Å². The van der Waals surface area contributed by atoms with Gasteiger partial charge in [0.25, 0.3) is 0 Å². The van der Waals surface area contributed by atoms with Crippen LogP contribution in [0, 0.1) is 5.92 Å². The molecule has 4 heteroatoms. The molecule has 1 atom stereocenters.